The minimum absolute atomic E-state index is 0.0899. The second-order valence-corrected chi connectivity index (χ2v) is 6.37. The number of hydrogen-bond acceptors (Lipinski definition) is 8. The second kappa shape index (κ2) is 11.7. The van der Waals surface area contributed by atoms with Crippen molar-refractivity contribution in [3.8, 4) is 11.5 Å². The highest BCUT2D eigenvalue weighted by atomic mass is 32.2. The van der Waals surface area contributed by atoms with Gasteiger partial charge in [-0.25, -0.2) is 9.68 Å². The van der Waals surface area contributed by atoms with Crippen LogP contribution in [0.5, 0.6) is 11.5 Å². The zero-order chi connectivity index (χ0) is 21.1. The zero-order valence-corrected chi connectivity index (χ0v) is 16.5. The summed E-state index contributed by atoms with van der Waals surface area (Å²) in [6, 6.07) is 15.4. The average Bonchev–Trinajstić information content (AvgIpc) is 2.70. The predicted molar refractivity (Wildman–Crippen MR) is 100.0 cm³/mol. The Bertz CT molecular complexity index is 744. The van der Waals surface area contributed by atoms with Gasteiger partial charge in [-0.3, -0.25) is 0 Å². The number of carbonyl (C=O) groups is 1. The lowest BCUT2D eigenvalue weighted by Crippen LogP contribution is -2.29. The van der Waals surface area contributed by atoms with E-state index in [4.69, 9.17) is 9.47 Å². The van der Waals surface area contributed by atoms with Gasteiger partial charge in [-0.1, -0.05) is 35.4 Å². The Morgan fingerprint density at radius 3 is 2.38 bits per heavy atom. The van der Waals surface area contributed by atoms with Gasteiger partial charge in [0.2, 0.25) is 0 Å². The third-order valence-electron chi connectivity index (χ3n) is 3.39. The fourth-order valence-corrected chi connectivity index (χ4v) is 2.36. The third-order valence-corrected chi connectivity index (χ3v) is 3.89. The molecule has 0 radical (unpaired) electrons. The third kappa shape index (κ3) is 8.34. The van der Waals surface area contributed by atoms with Gasteiger partial charge >= 0.3 is 11.2 Å². The maximum Gasteiger partial charge on any atom is 0.416 e. The highest BCUT2D eigenvalue weighted by Gasteiger charge is 2.44. The van der Waals surface area contributed by atoms with Crippen LogP contribution in [-0.4, -0.2) is 31.2 Å². The van der Waals surface area contributed by atoms with Crippen LogP contribution in [0, 0.1) is 0 Å². The van der Waals surface area contributed by atoms with E-state index in [2.05, 4.69) is 19.0 Å². The van der Waals surface area contributed by atoms with Crippen molar-refractivity contribution in [2.75, 3.05) is 13.7 Å². The molecule has 7 nitrogen and oxygen atoms in total. The Hall–Kier alpha value is -2.24. The molecule has 1 unspecified atom stereocenters. The summed E-state index contributed by atoms with van der Waals surface area (Å²) in [6.07, 6.45) is 0.222. The van der Waals surface area contributed by atoms with E-state index in [1.165, 1.54) is 24.3 Å². The van der Waals surface area contributed by atoms with E-state index in [0.29, 0.717) is 12.4 Å². The molecular formula is C19H20F2O7S. The first-order valence-corrected chi connectivity index (χ1v) is 9.22. The van der Waals surface area contributed by atoms with Crippen LogP contribution in [0.25, 0.3) is 0 Å². The van der Waals surface area contributed by atoms with Crippen molar-refractivity contribution in [3.05, 3.63) is 60.2 Å². The molecule has 0 aliphatic carbocycles. The van der Waals surface area contributed by atoms with Crippen LogP contribution in [0.3, 0.4) is 0 Å². The van der Waals surface area contributed by atoms with Crippen LogP contribution in [0.2, 0.25) is 0 Å². The van der Waals surface area contributed by atoms with Crippen molar-refractivity contribution in [3.63, 3.8) is 0 Å². The van der Waals surface area contributed by atoms with E-state index in [-0.39, 0.29) is 5.75 Å². The molecule has 0 heterocycles. The van der Waals surface area contributed by atoms with Gasteiger partial charge in [0.05, 0.1) is 13.7 Å². The summed E-state index contributed by atoms with van der Waals surface area (Å²) in [4.78, 5) is 15.5. The molecule has 0 aliphatic rings. The van der Waals surface area contributed by atoms with Gasteiger partial charge in [0.1, 0.15) is 23.5 Å². The minimum Gasteiger partial charge on any atom is -0.465 e. The lowest BCUT2D eigenvalue weighted by molar-refractivity contribution is -0.448. The summed E-state index contributed by atoms with van der Waals surface area (Å²) in [6.45, 7) is 2.21. The fourth-order valence-electron chi connectivity index (χ4n) is 2.08. The molecule has 0 aliphatic heterocycles. The number of esters is 1. The Labute approximate surface area is 170 Å². The van der Waals surface area contributed by atoms with Gasteiger partial charge in [-0.05, 0) is 43.2 Å². The molecule has 10 heteroatoms. The molecule has 0 saturated carbocycles. The Kier molecular flexibility index (Phi) is 9.29. The summed E-state index contributed by atoms with van der Waals surface area (Å²) in [5, 5.41) is -0.169. The zero-order valence-electron chi connectivity index (χ0n) is 15.7. The number of carbonyl (C=O) groups excluding carboxylic acids is 1. The van der Waals surface area contributed by atoms with Crippen LogP contribution < -0.4 is 9.47 Å². The van der Waals surface area contributed by atoms with E-state index >= 15 is 0 Å². The summed E-state index contributed by atoms with van der Waals surface area (Å²) >= 11 is -0.548. The largest absolute Gasteiger partial charge is 0.465 e. The molecule has 0 saturated heterocycles. The summed E-state index contributed by atoms with van der Waals surface area (Å²) in [7, 11) is 1.05. The van der Waals surface area contributed by atoms with Gasteiger partial charge in [0.25, 0.3) is 0 Å². The topological polar surface area (TPSA) is 72.5 Å². The first kappa shape index (κ1) is 23.0. The lowest BCUT2D eigenvalue weighted by Gasteiger charge is -2.16. The van der Waals surface area contributed by atoms with Gasteiger partial charge in [-0.2, -0.15) is 8.78 Å². The van der Waals surface area contributed by atoms with Crippen molar-refractivity contribution < 1.29 is 42.0 Å². The highest BCUT2D eigenvalue weighted by molar-refractivity contribution is 7.96. The van der Waals surface area contributed by atoms with Crippen LogP contribution in [-0.2, 0) is 30.2 Å². The number of ether oxygens (including phenoxy) is 3. The molecule has 0 amide bonds. The predicted octanol–water partition coefficient (Wildman–Crippen LogP) is 4.33. The molecule has 0 spiro atoms. The van der Waals surface area contributed by atoms with Gasteiger partial charge in [-0.15, -0.1) is 4.33 Å². The van der Waals surface area contributed by atoms with Crippen LogP contribution in [0.15, 0.2) is 54.6 Å². The second-order valence-electron chi connectivity index (χ2n) is 5.56. The molecule has 0 aromatic heterocycles. The van der Waals surface area contributed by atoms with Gasteiger partial charge < -0.3 is 14.2 Å². The van der Waals surface area contributed by atoms with Crippen LogP contribution in [0.1, 0.15) is 12.5 Å². The molecule has 2 aromatic rings. The van der Waals surface area contributed by atoms with E-state index in [1.54, 1.807) is 6.92 Å². The quantitative estimate of drug-likeness (QED) is 0.0937. The number of rotatable bonds is 12. The van der Waals surface area contributed by atoms with Crippen molar-refractivity contribution in [2.45, 2.75) is 24.9 Å². The van der Waals surface area contributed by atoms with E-state index in [9.17, 15) is 13.6 Å². The molecule has 0 N–H and O–H groups in total. The van der Waals surface area contributed by atoms with E-state index < -0.39 is 29.6 Å². The number of benzene rings is 2. The molecule has 0 bridgehead atoms. The van der Waals surface area contributed by atoms with Crippen LogP contribution >= 0.6 is 12.0 Å². The molecular weight excluding hydrogens is 410 g/mol. The number of halogens is 2. The maximum absolute atomic E-state index is 13.5. The smallest absolute Gasteiger partial charge is 0.416 e. The van der Waals surface area contributed by atoms with Crippen molar-refractivity contribution in [2.24, 2.45) is 0 Å². The van der Waals surface area contributed by atoms with Gasteiger partial charge in [0, 0.05) is 0 Å². The highest BCUT2D eigenvalue weighted by Crippen LogP contribution is 2.32. The first-order valence-electron chi connectivity index (χ1n) is 8.48. The van der Waals surface area contributed by atoms with Crippen LogP contribution in [0.4, 0.5) is 8.78 Å². The summed E-state index contributed by atoms with van der Waals surface area (Å²) in [5.41, 5.74) is 1.15. The first-order chi connectivity index (χ1) is 13.9. The average molecular weight is 430 g/mol. The monoisotopic (exact) mass is 430 g/mol. The molecule has 2 aromatic carbocycles. The van der Waals surface area contributed by atoms with Crippen molar-refractivity contribution in [1.82, 2.24) is 0 Å². The normalized spacial score (nSPS) is 12.4. The number of hydrogen-bond donors (Lipinski definition) is 0. The SMILES string of the molecule is COOOSC(F)(F)C(=O)Oc1ccc(OC(C)OCCc2ccccc2)cc1. The van der Waals surface area contributed by atoms with E-state index in [1.807, 2.05) is 30.3 Å². The standard InChI is InChI=1S/C19H20F2O7S/c1-14(24-13-12-15-6-4-3-5-7-15)25-16-8-10-17(11-9-16)26-18(22)19(20,21)29-28-27-23-2/h3-11,14H,12-13H2,1-2H3. The van der Waals surface area contributed by atoms with Gasteiger partial charge in [0.15, 0.2) is 6.29 Å². The molecule has 0 fully saturated rings. The fraction of sp³-hybridized carbons (Fsp3) is 0.316. The Morgan fingerprint density at radius 1 is 1.07 bits per heavy atom. The Morgan fingerprint density at radius 2 is 1.72 bits per heavy atom. The Balaban J connectivity index is 1.76. The summed E-state index contributed by atoms with van der Waals surface area (Å²) in [5.74, 6) is -1.49. The maximum atomic E-state index is 13.5. The molecule has 2 rings (SSSR count). The summed E-state index contributed by atoms with van der Waals surface area (Å²) < 4.78 is 46.7. The van der Waals surface area contributed by atoms with Crippen molar-refractivity contribution >= 4 is 18.0 Å². The van der Waals surface area contributed by atoms with Crippen molar-refractivity contribution in [1.29, 1.82) is 0 Å². The molecule has 158 valence electrons. The minimum atomic E-state index is -3.99. The molecule has 1 atom stereocenters. The lowest BCUT2D eigenvalue weighted by atomic mass is 10.2. The van der Waals surface area contributed by atoms with E-state index in [0.717, 1.165) is 19.1 Å². The number of alkyl halides is 2. The molecule has 29 heavy (non-hydrogen) atoms.